The molecule has 0 spiro atoms. The first-order valence-electron chi connectivity index (χ1n) is 6.78. The molecule has 1 aliphatic heterocycles. The summed E-state index contributed by atoms with van der Waals surface area (Å²) in [7, 11) is 0. The van der Waals surface area contributed by atoms with Crippen LogP contribution in [0.2, 0.25) is 0 Å². The van der Waals surface area contributed by atoms with Gasteiger partial charge >= 0.3 is 0 Å². The lowest BCUT2D eigenvalue weighted by atomic mass is 9.95. The minimum absolute atomic E-state index is 0.179. The average molecular weight is 259 g/mol. The highest BCUT2D eigenvalue weighted by Crippen LogP contribution is 2.29. The fourth-order valence-corrected chi connectivity index (χ4v) is 2.13. The van der Waals surface area contributed by atoms with Crippen LogP contribution in [0.5, 0.6) is 0 Å². The van der Waals surface area contributed by atoms with Crippen molar-refractivity contribution in [2.75, 3.05) is 5.32 Å². The average Bonchev–Trinajstić information content (AvgIpc) is 2.36. The van der Waals surface area contributed by atoms with Crippen molar-refractivity contribution in [3.05, 3.63) is 22.9 Å². The van der Waals surface area contributed by atoms with Gasteiger partial charge in [0.05, 0.1) is 23.5 Å². The van der Waals surface area contributed by atoms with Gasteiger partial charge in [0.1, 0.15) is 11.9 Å². The summed E-state index contributed by atoms with van der Waals surface area (Å²) >= 11 is 0. The molecule has 1 aromatic heterocycles. The molecule has 0 saturated carbocycles. The fourth-order valence-electron chi connectivity index (χ4n) is 2.13. The summed E-state index contributed by atoms with van der Waals surface area (Å²) < 4.78 is 5.76. The first-order valence-corrected chi connectivity index (χ1v) is 6.78. The van der Waals surface area contributed by atoms with E-state index < -0.39 is 0 Å². The Labute approximate surface area is 114 Å². The molecule has 0 fully saturated rings. The zero-order valence-corrected chi connectivity index (χ0v) is 12.1. The Balaban J connectivity index is 2.37. The number of nitriles is 1. The summed E-state index contributed by atoms with van der Waals surface area (Å²) in [6, 6.07) is 4.43. The minimum atomic E-state index is -0.179. The van der Waals surface area contributed by atoms with E-state index in [1.54, 1.807) is 0 Å². The number of aromatic nitrogens is 1. The molecule has 19 heavy (non-hydrogen) atoms. The van der Waals surface area contributed by atoms with Gasteiger partial charge in [0.15, 0.2) is 0 Å². The molecule has 1 aliphatic rings. The molecular weight excluding hydrogens is 238 g/mol. The van der Waals surface area contributed by atoms with E-state index in [1.807, 2.05) is 6.07 Å². The number of hydrogen-bond acceptors (Lipinski definition) is 4. The Morgan fingerprint density at radius 2 is 2.32 bits per heavy atom. The highest BCUT2D eigenvalue weighted by molar-refractivity contribution is 5.55. The molecule has 1 atom stereocenters. The molecule has 1 N–H and O–H groups in total. The van der Waals surface area contributed by atoms with Gasteiger partial charge in [-0.3, -0.25) is 0 Å². The zero-order chi connectivity index (χ0) is 14.0. The second-order valence-electron chi connectivity index (χ2n) is 5.78. The molecule has 2 rings (SSSR count). The predicted molar refractivity (Wildman–Crippen MR) is 74.9 cm³/mol. The van der Waals surface area contributed by atoms with Gasteiger partial charge in [-0.2, -0.15) is 5.26 Å². The van der Waals surface area contributed by atoms with E-state index >= 15 is 0 Å². The Bertz CT molecular complexity index is 517. The highest BCUT2D eigenvalue weighted by Gasteiger charge is 2.28. The van der Waals surface area contributed by atoms with Crippen LogP contribution in [-0.4, -0.2) is 16.6 Å². The van der Waals surface area contributed by atoms with Crippen LogP contribution >= 0.6 is 0 Å². The van der Waals surface area contributed by atoms with Gasteiger partial charge in [-0.1, -0.05) is 6.92 Å². The van der Waals surface area contributed by atoms with Crippen LogP contribution in [-0.2, 0) is 17.8 Å². The van der Waals surface area contributed by atoms with Crippen molar-refractivity contribution in [1.82, 2.24) is 4.98 Å². The second-order valence-corrected chi connectivity index (χ2v) is 5.78. The molecule has 0 radical (unpaired) electrons. The molecule has 0 aliphatic carbocycles. The number of nitrogens with one attached hydrogen (secondary N) is 1. The van der Waals surface area contributed by atoms with Crippen LogP contribution in [0, 0.1) is 11.3 Å². The lowest BCUT2D eigenvalue weighted by molar-refractivity contribution is -0.0412. The zero-order valence-electron chi connectivity index (χ0n) is 12.1. The standard InChI is InChI=1S/C15H21N3O/c1-5-10(2)17-14-11(8-16)6-12-9-19-15(3,4)7-13(12)18-14/h6,10H,5,7,9H2,1-4H3,(H,17,18)/t10-/m1/s1. The lowest BCUT2D eigenvalue weighted by Crippen LogP contribution is -2.33. The summed E-state index contributed by atoms with van der Waals surface area (Å²) in [4.78, 5) is 4.65. The van der Waals surface area contributed by atoms with Crippen LogP contribution in [0.25, 0.3) is 0 Å². The van der Waals surface area contributed by atoms with Crippen molar-refractivity contribution in [1.29, 1.82) is 5.26 Å². The number of ether oxygens (including phenoxy) is 1. The van der Waals surface area contributed by atoms with E-state index in [-0.39, 0.29) is 5.60 Å². The van der Waals surface area contributed by atoms with Crippen molar-refractivity contribution in [3.63, 3.8) is 0 Å². The Hall–Kier alpha value is -1.60. The number of fused-ring (bicyclic) bond motifs is 1. The maximum atomic E-state index is 9.24. The number of anilines is 1. The van der Waals surface area contributed by atoms with Crippen LogP contribution < -0.4 is 5.32 Å². The van der Waals surface area contributed by atoms with Gasteiger partial charge in [-0.25, -0.2) is 4.98 Å². The molecular formula is C15H21N3O. The van der Waals surface area contributed by atoms with Crippen LogP contribution in [0.15, 0.2) is 6.07 Å². The summed E-state index contributed by atoms with van der Waals surface area (Å²) in [6.45, 7) is 8.87. The monoisotopic (exact) mass is 259 g/mol. The second kappa shape index (κ2) is 5.18. The van der Waals surface area contributed by atoms with Crippen molar-refractivity contribution in [2.24, 2.45) is 0 Å². The third-order valence-corrected chi connectivity index (χ3v) is 3.52. The predicted octanol–water partition coefficient (Wildman–Crippen LogP) is 3.01. The summed E-state index contributed by atoms with van der Waals surface area (Å²) in [5.74, 6) is 0.702. The summed E-state index contributed by atoms with van der Waals surface area (Å²) in [5, 5.41) is 12.6. The van der Waals surface area contributed by atoms with Crippen LogP contribution in [0.3, 0.4) is 0 Å². The van der Waals surface area contributed by atoms with E-state index in [9.17, 15) is 5.26 Å². The third-order valence-electron chi connectivity index (χ3n) is 3.52. The molecule has 0 aromatic carbocycles. The topological polar surface area (TPSA) is 57.9 Å². The third kappa shape index (κ3) is 3.05. The number of hydrogen-bond donors (Lipinski definition) is 1. The molecule has 0 unspecified atom stereocenters. The minimum Gasteiger partial charge on any atom is -0.370 e. The summed E-state index contributed by atoms with van der Waals surface area (Å²) in [5.41, 5.74) is 2.50. The van der Waals surface area contributed by atoms with Gasteiger partial charge in [-0.15, -0.1) is 0 Å². The molecule has 102 valence electrons. The van der Waals surface area contributed by atoms with Crippen molar-refractivity contribution < 1.29 is 4.74 Å². The molecule has 0 bridgehead atoms. The smallest absolute Gasteiger partial charge is 0.144 e. The van der Waals surface area contributed by atoms with Gasteiger partial charge in [0, 0.05) is 18.0 Å². The molecule has 0 amide bonds. The first-order chi connectivity index (χ1) is 8.95. The van der Waals surface area contributed by atoms with Crippen molar-refractivity contribution in [2.45, 2.75) is 58.8 Å². The Morgan fingerprint density at radius 3 is 2.95 bits per heavy atom. The maximum absolute atomic E-state index is 9.24. The summed E-state index contributed by atoms with van der Waals surface area (Å²) in [6.07, 6.45) is 1.78. The van der Waals surface area contributed by atoms with Crippen molar-refractivity contribution >= 4 is 5.82 Å². The fraction of sp³-hybridized carbons (Fsp3) is 0.600. The van der Waals surface area contributed by atoms with E-state index in [2.05, 4.69) is 44.1 Å². The number of nitrogens with zero attached hydrogens (tertiary/aromatic N) is 2. The molecule has 4 heteroatoms. The van der Waals surface area contributed by atoms with Crippen LogP contribution in [0.4, 0.5) is 5.82 Å². The lowest BCUT2D eigenvalue weighted by Gasteiger charge is -2.31. The van der Waals surface area contributed by atoms with Crippen LogP contribution in [0.1, 0.15) is 50.9 Å². The SMILES string of the molecule is CC[C@@H](C)Nc1nc2c(cc1C#N)COC(C)(C)C2. The van der Waals surface area contributed by atoms with Gasteiger partial charge in [0.25, 0.3) is 0 Å². The van der Waals surface area contributed by atoms with Gasteiger partial charge in [-0.05, 0) is 33.3 Å². The molecule has 4 nitrogen and oxygen atoms in total. The largest absolute Gasteiger partial charge is 0.370 e. The number of pyridine rings is 1. The normalized spacial score (nSPS) is 18.3. The molecule has 1 aromatic rings. The Kier molecular flexibility index (Phi) is 3.77. The first kappa shape index (κ1) is 13.8. The van der Waals surface area contributed by atoms with E-state index in [0.717, 1.165) is 24.1 Å². The van der Waals surface area contributed by atoms with E-state index in [0.29, 0.717) is 24.0 Å². The number of rotatable bonds is 3. The van der Waals surface area contributed by atoms with Gasteiger partial charge in [0.2, 0.25) is 0 Å². The quantitative estimate of drug-likeness (QED) is 0.906. The van der Waals surface area contributed by atoms with E-state index in [1.165, 1.54) is 0 Å². The Morgan fingerprint density at radius 1 is 1.58 bits per heavy atom. The maximum Gasteiger partial charge on any atom is 0.144 e. The van der Waals surface area contributed by atoms with E-state index in [4.69, 9.17) is 4.74 Å². The molecule has 2 heterocycles. The highest BCUT2D eigenvalue weighted by atomic mass is 16.5. The molecule has 0 saturated heterocycles. The van der Waals surface area contributed by atoms with Gasteiger partial charge < -0.3 is 10.1 Å². The van der Waals surface area contributed by atoms with Crippen molar-refractivity contribution in [3.8, 4) is 6.07 Å².